The van der Waals surface area contributed by atoms with Crippen molar-refractivity contribution >= 4 is 39.4 Å². The van der Waals surface area contributed by atoms with Crippen molar-refractivity contribution in [2.24, 2.45) is 0 Å². The molecule has 4 aromatic rings. The Bertz CT molecular complexity index is 1250. The van der Waals surface area contributed by atoms with Gasteiger partial charge in [-0.05, 0) is 31.0 Å². The van der Waals surface area contributed by atoms with E-state index in [2.05, 4.69) is 4.98 Å². The SMILES string of the molecule is Cc1ccc2c(COC(=O)c3[nH]c4ccccc4c3Cl)cc(=O)oc2c1C. The normalized spacial score (nSPS) is 11.2. The first kappa shape index (κ1) is 17.4. The lowest BCUT2D eigenvalue weighted by atomic mass is 10.0. The number of aromatic nitrogens is 1. The molecule has 0 saturated carbocycles. The van der Waals surface area contributed by atoms with Gasteiger partial charge in [0.1, 0.15) is 17.9 Å². The van der Waals surface area contributed by atoms with Crippen molar-refractivity contribution in [1.29, 1.82) is 0 Å². The molecule has 2 aromatic heterocycles. The van der Waals surface area contributed by atoms with E-state index in [1.807, 2.05) is 50.2 Å². The Morgan fingerprint density at radius 2 is 1.93 bits per heavy atom. The summed E-state index contributed by atoms with van der Waals surface area (Å²) in [6.07, 6.45) is 0. The molecule has 2 aromatic carbocycles. The fourth-order valence-corrected chi connectivity index (χ4v) is 3.40. The van der Waals surface area contributed by atoms with Crippen LogP contribution in [0.2, 0.25) is 5.02 Å². The highest BCUT2D eigenvalue weighted by atomic mass is 35.5. The number of esters is 1. The zero-order valence-electron chi connectivity index (χ0n) is 14.8. The number of carbonyl (C=O) groups excluding carboxylic acids is 1. The number of aromatic amines is 1. The quantitative estimate of drug-likeness (QED) is 0.404. The summed E-state index contributed by atoms with van der Waals surface area (Å²) in [6.45, 7) is 3.77. The number of hydrogen-bond acceptors (Lipinski definition) is 4. The maximum Gasteiger partial charge on any atom is 0.356 e. The summed E-state index contributed by atoms with van der Waals surface area (Å²) in [4.78, 5) is 27.4. The number of ether oxygens (including phenoxy) is 1. The third-order valence-electron chi connectivity index (χ3n) is 4.72. The van der Waals surface area contributed by atoms with E-state index in [-0.39, 0.29) is 12.3 Å². The molecule has 1 N–H and O–H groups in total. The summed E-state index contributed by atoms with van der Waals surface area (Å²) in [5.74, 6) is -0.582. The molecule has 4 rings (SSSR count). The third-order valence-corrected chi connectivity index (χ3v) is 5.12. The Kier molecular flexibility index (Phi) is 4.24. The number of aryl methyl sites for hydroxylation is 2. The van der Waals surface area contributed by atoms with Gasteiger partial charge >= 0.3 is 11.6 Å². The molecule has 0 bridgehead atoms. The first-order valence-electron chi connectivity index (χ1n) is 8.42. The first-order chi connectivity index (χ1) is 13.0. The van der Waals surface area contributed by atoms with Gasteiger partial charge in [-0.25, -0.2) is 9.59 Å². The molecule has 0 aliphatic heterocycles. The van der Waals surface area contributed by atoms with E-state index in [9.17, 15) is 9.59 Å². The molecule has 6 heteroatoms. The summed E-state index contributed by atoms with van der Waals surface area (Å²) in [5, 5.41) is 1.82. The average molecular weight is 382 g/mol. The number of fused-ring (bicyclic) bond motifs is 2. The number of para-hydroxylation sites is 1. The maximum absolute atomic E-state index is 12.5. The number of carbonyl (C=O) groups is 1. The molecule has 0 aliphatic rings. The second kappa shape index (κ2) is 6.59. The van der Waals surface area contributed by atoms with Gasteiger partial charge in [-0.15, -0.1) is 0 Å². The van der Waals surface area contributed by atoms with Crippen LogP contribution in [0.3, 0.4) is 0 Å². The third kappa shape index (κ3) is 3.00. The summed E-state index contributed by atoms with van der Waals surface area (Å²) >= 11 is 6.30. The van der Waals surface area contributed by atoms with Crippen LogP contribution in [0.5, 0.6) is 0 Å². The molecule has 0 radical (unpaired) electrons. The van der Waals surface area contributed by atoms with Gasteiger partial charge < -0.3 is 14.1 Å². The molecular formula is C21H16ClNO4. The fraction of sp³-hybridized carbons (Fsp3) is 0.143. The highest BCUT2D eigenvalue weighted by Crippen LogP contribution is 2.28. The van der Waals surface area contributed by atoms with Crippen LogP contribution >= 0.6 is 11.6 Å². The zero-order chi connectivity index (χ0) is 19.1. The van der Waals surface area contributed by atoms with Crippen LogP contribution in [-0.2, 0) is 11.3 Å². The van der Waals surface area contributed by atoms with Gasteiger partial charge in [0.05, 0.1) is 5.02 Å². The summed E-state index contributed by atoms with van der Waals surface area (Å²) in [7, 11) is 0. The molecule has 0 aliphatic carbocycles. The predicted molar refractivity (Wildman–Crippen MR) is 104 cm³/mol. The number of rotatable bonds is 3. The van der Waals surface area contributed by atoms with Crippen molar-refractivity contribution in [3.8, 4) is 0 Å². The van der Waals surface area contributed by atoms with Gasteiger partial charge in [-0.1, -0.05) is 41.9 Å². The Hall–Kier alpha value is -3.05. The molecule has 5 nitrogen and oxygen atoms in total. The van der Waals surface area contributed by atoms with Crippen LogP contribution in [0, 0.1) is 13.8 Å². The monoisotopic (exact) mass is 381 g/mol. The molecule has 0 spiro atoms. The van der Waals surface area contributed by atoms with E-state index in [0.29, 0.717) is 16.2 Å². The van der Waals surface area contributed by atoms with Crippen molar-refractivity contribution in [3.63, 3.8) is 0 Å². The zero-order valence-corrected chi connectivity index (χ0v) is 15.5. The lowest BCUT2D eigenvalue weighted by Gasteiger charge is -2.09. The Morgan fingerprint density at radius 3 is 2.70 bits per heavy atom. The van der Waals surface area contributed by atoms with Crippen LogP contribution in [0.15, 0.2) is 51.7 Å². The van der Waals surface area contributed by atoms with E-state index >= 15 is 0 Å². The lowest BCUT2D eigenvalue weighted by molar-refractivity contribution is 0.0468. The van der Waals surface area contributed by atoms with Crippen molar-refractivity contribution in [3.05, 3.63) is 80.3 Å². The lowest BCUT2D eigenvalue weighted by Crippen LogP contribution is -2.09. The molecule has 0 unspecified atom stereocenters. The highest BCUT2D eigenvalue weighted by molar-refractivity contribution is 6.38. The fourth-order valence-electron chi connectivity index (χ4n) is 3.11. The number of H-pyrrole nitrogens is 1. The van der Waals surface area contributed by atoms with Crippen LogP contribution in [0.25, 0.3) is 21.9 Å². The number of nitrogens with one attached hydrogen (secondary N) is 1. The largest absolute Gasteiger partial charge is 0.456 e. The molecule has 136 valence electrons. The molecule has 0 amide bonds. The average Bonchev–Trinajstić information content (AvgIpc) is 3.00. The van der Waals surface area contributed by atoms with E-state index < -0.39 is 11.6 Å². The van der Waals surface area contributed by atoms with Gasteiger partial charge in [-0.2, -0.15) is 0 Å². The van der Waals surface area contributed by atoms with E-state index in [0.717, 1.165) is 27.4 Å². The Labute approximate surface area is 159 Å². The van der Waals surface area contributed by atoms with E-state index in [1.165, 1.54) is 6.07 Å². The number of hydrogen-bond donors (Lipinski definition) is 1. The van der Waals surface area contributed by atoms with Gasteiger partial charge in [0, 0.05) is 27.9 Å². The highest BCUT2D eigenvalue weighted by Gasteiger charge is 2.18. The Morgan fingerprint density at radius 1 is 1.15 bits per heavy atom. The minimum Gasteiger partial charge on any atom is -0.456 e. The first-order valence-corrected chi connectivity index (χ1v) is 8.80. The van der Waals surface area contributed by atoms with E-state index in [1.54, 1.807) is 0 Å². The van der Waals surface area contributed by atoms with Gasteiger partial charge in [-0.3, -0.25) is 0 Å². The van der Waals surface area contributed by atoms with E-state index in [4.69, 9.17) is 20.8 Å². The summed E-state index contributed by atoms with van der Waals surface area (Å²) in [5.41, 5.74) is 3.47. The maximum atomic E-state index is 12.5. The molecule has 27 heavy (non-hydrogen) atoms. The molecule has 0 fully saturated rings. The van der Waals surface area contributed by atoms with Crippen molar-refractivity contribution in [1.82, 2.24) is 4.98 Å². The van der Waals surface area contributed by atoms with Gasteiger partial charge in [0.25, 0.3) is 0 Å². The van der Waals surface area contributed by atoms with Crippen molar-refractivity contribution in [2.75, 3.05) is 0 Å². The second-order valence-electron chi connectivity index (χ2n) is 6.41. The second-order valence-corrected chi connectivity index (χ2v) is 6.79. The minimum absolute atomic E-state index is 0.0604. The van der Waals surface area contributed by atoms with Crippen LogP contribution in [-0.4, -0.2) is 11.0 Å². The number of halogens is 1. The van der Waals surface area contributed by atoms with Crippen molar-refractivity contribution < 1.29 is 13.9 Å². The van der Waals surface area contributed by atoms with Crippen molar-refractivity contribution in [2.45, 2.75) is 20.5 Å². The minimum atomic E-state index is -0.582. The Balaban J connectivity index is 1.67. The van der Waals surface area contributed by atoms with Gasteiger partial charge in [0.15, 0.2) is 0 Å². The summed E-state index contributed by atoms with van der Waals surface area (Å²) < 4.78 is 10.8. The summed E-state index contributed by atoms with van der Waals surface area (Å²) in [6, 6.07) is 12.5. The molecule has 2 heterocycles. The predicted octanol–water partition coefficient (Wildman–Crippen LogP) is 4.90. The number of benzene rings is 2. The topological polar surface area (TPSA) is 72.3 Å². The van der Waals surface area contributed by atoms with Crippen LogP contribution < -0.4 is 5.63 Å². The van der Waals surface area contributed by atoms with Gasteiger partial charge in [0.2, 0.25) is 0 Å². The molecular weight excluding hydrogens is 366 g/mol. The molecule has 0 atom stereocenters. The standard InChI is InChI=1S/C21H16ClNO4/c1-11-7-8-14-13(9-17(24)27-20(14)12(11)2)10-26-21(25)19-18(22)15-5-3-4-6-16(15)23-19/h3-9,23H,10H2,1-2H3. The molecule has 0 saturated heterocycles. The smallest absolute Gasteiger partial charge is 0.356 e. The van der Waals surface area contributed by atoms with Crippen LogP contribution in [0.1, 0.15) is 27.2 Å². The van der Waals surface area contributed by atoms with Crippen LogP contribution in [0.4, 0.5) is 0 Å².